The van der Waals surface area contributed by atoms with E-state index in [1.807, 2.05) is 0 Å². The average Bonchev–Trinajstić information content (AvgIpc) is 3.49. The van der Waals surface area contributed by atoms with Crippen molar-refractivity contribution >= 4 is 35.5 Å². The number of hydrogen-bond acceptors (Lipinski definition) is 7. The Morgan fingerprint density at radius 3 is 2.62 bits per heavy atom. The molecule has 0 bridgehead atoms. The number of carboxylic acids is 1. The van der Waals surface area contributed by atoms with Gasteiger partial charge in [-0.25, -0.2) is 4.79 Å². The first-order valence-corrected chi connectivity index (χ1v) is 12.3. The molecule has 0 aliphatic carbocycles. The fourth-order valence-electron chi connectivity index (χ4n) is 5.33. The maximum atomic E-state index is 12.8. The summed E-state index contributed by atoms with van der Waals surface area (Å²) in [6.45, 7) is 5.40. The number of nitrogens with one attached hydrogen (secondary N) is 4. The number of hydrogen-bond donors (Lipinski definition) is 5. The van der Waals surface area contributed by atoms with E-state index in [0.717, 1.165) is 19.5 Å². The quantitative estimate of drug-likeness (QED) is 0.280. The zero-order chi connectivity index (χ0) is 24.7. The van der Waals surface area contributed by atoms with E-state index >= 15 is 0 Å². The van der Waals surface area contributed by atoms with E-state index in [1.165, 1.54) is 23.6 Å². The third-order valence-electron chi connectivity index (χ3n) is 7.01. The van der Waals surface area contributed by atoms with Crippen molar-refractivity contribution < 1.29 is 33.1 Å². The van der Waals surface area contributed by atoms with Crippen LogP contribution < -0.4 is 21.3 Å². The van der Waals surface area contributed by atoms with Gasteiger partial charge in [-0.15, -0.1) is 11.8 Å². The number of carbonyl (C=O) groups excluding carboxylic acids is 3. The van der Waals surface area contributed by atoms with Crippen molar-refractivity contribution in [3.8, 4) is 0 Å². The molecule has 13 heteroatoms. The normalized spacial score (nSPS) is 33.7. The highest BCUT2D eigenvalue weighted by molar-refractivity contribution is 8.03. The molecule has 7 atom stereocenters. The Kier molecular flexibility index (Phi) is 7.15. The molecule has 4 aliphatic rings. The molecule has 188 valence electrons. The minimum absolute atomic E-state index is 0.0625. The van der Waals surface area contributed by atoms with Gasteiger partial charge in [0.2, 0.25) is 11.8 Å². The zero-order valence-corrected chi connectivity index (χ0v) is 19.7. The van der Waals surface area contributed by atoms with Gasteiger partial charge in [-0.2, -0.15) is 8.78 Å². The number of amides is 3. The Balaban J connectivity index is 1.42. The molecule has 0 spiro atoms. The topological polar surface area (TPSA) is 140 Å². The van der Waals surface area contributed by atoms with Gasteiger partial charge in [0.05, 0.1) is 18.0 Å². The van der Waals surface area contributed by atoms with Gasteiger partial charge in [-0.3, -0.25) is 14.4 Å². The smallest absolute Gasteiger partial charge is 0.353 e. The molecule has 3 saturated heterocycles. The number of alkyl halides is 2. The second kappa shape index (κ2) is 9.78. The highest BCUT2D eigenvalue weighted by atomic mass is 32.2. The molecule has 4 heterocycles. The minimum atomic E-state index is -3.20. The van der Waals surface area contributed by atoms with E-state index in [-0.39, 0.29) is 34.9 Å². The van der Waals surface area contributed by atoms with Crippen LogP contribution in [0.15, 0.2) is 10.6 Å². The summed E-state index contributed by atoms with van der Waals surface area (Å²) in [5.41, 5.74) is -0.0962. The van der Waals surface area contributed by atoms with Crippen LogP contribution in [0.5, 0.6) is 0 Å². The summed E-state index contributed by atoms with van der Waals surface area (Å²) in [5.74, 6) is -4.40. The summed E-state index contributed by atoms with van der Waals surface area (Å²) >= 11 is 1.35. The fraction of sp³-hybridized carbons (Fsp3) is 0.714. The molecule has 10 nitrogen and oxygen atoms in total. The molecule has 0 aromatic heterocycles. The Morgan fingerprint density at radius 1 is 1.26 bits per heavy atom. The van der Waals surface area contributed by atoms with Crippen LogP contribution in [0.3, 0.4) is 0 Å². The first-order chi connectivity index (χ1) is 16.1. The van der Waals surface area contributed by atoms with E-state index in [2.05, 4.69) is 21.3 Å². The monoisotopic (exact) mass is 501 g/mol. The van der Waals surface area contributed by atoms with Crippen molar-refractivity contribution in [3.05, 3.63) is 10.6 Å². The molecule has 0 aromatic rings. The van der Waals surface area contributed by atoms with Crippen molar-refractivity contribution in [1.82, 2.24) is 26.2 Å². The van der Waals surface area contributed by atoms with Crippen LogP contribution in [0.2, 0.25) is 0 Å². The molecule has 3 fully saturated rings. The van der Waals surface area contributed by atoms with Gasteiger partial charge in [0.15, 0.2) is 0 Å². The number of fused-ring (bicyclic) bond motifs is 1. The Morgan fingerprint density at radius 2 is 2.00 bits per heavy atom. The van der Waals surface area contributed by atoms with E-state index in [1.54, 1.807) is 6.92 Å². The predicted molar refractivity (Wildman–Crippen MR) is 119 cm³/mol. The van der Waals surface area contributed by atoms with Crippen LogP contribution in [-0.4, -0.2) is 89.2 Å². The van der Waals surface area contributed by atoms with Crippen LogP contribution in [0.25, 0.3) is 0 Å². The number of halogens is 2. The van der Waals surface area contributed by atoms with Crippen LogP contribution >= 0.6 is 11.8 Å². The van der Waals surface area contributed by atoms with Gasteiger partial charge in [0, 0.05) is 41.2 Å². The van der Waals surface area contributed by atoms with Crippen molar-refractivity contribution in [2.75, 3.05) is 19.6 Å². The van der Waals surface area contributed by atoms with Gasteiger partial charge in [0.1, 0.15) is 5.70 Å². The highest BCUT2D eigenvalue weighted by Crippen LogP contribution is 2.51. The van der Waals surface area contributed by atoms with Gasteiger partial charge in [-0.1, -0.05) is 6.92 Å². The molecular formula is C21H29F2N5O5S. The number of carbonyl (C=O) groups is 4. The van der Waals surface area contributed by atoms with Gasteiger partial charge >= 0.3 is 12.4 Å². The zero-order valence-electron chi connectivity index (χ0n) is 18.8. The summed E-state index contributed by atoms with van der Waals surface area (Å²) in [6, 6.07) is -1.66. The summed E-state index contributed by atoms with van der Waals surface area (Å²) < 4.78 is 25.3. The third kappa shape index (κ3) is 4.52. The van der Waals surface area contributed by atoms with Gasteiger partial charge in [-0.05, 0) is 26.3 Å². The summed E-state index contributed by atoms with van der Waals surface area (Å²) in [6.07, 6.45) is -1.80. The van der Waals surface area contributed by atoms with Crippen molar-refractivity contribution in [2.45, 2.75) is 62.5 Å². The molecule has 4 rings (SSSR count). The van der Waals surface area contributed by atoms with E-state index in [4.69, 9.17) is 0 Å². The number of thioether (sulfide) groups is 1. The second-order valence-corrected chi connectivity index (χ2v) is 10.6. The molecule has 0 radical (unpaired) electrons. The molecule has 0 saturated carbocycles. The third-order valence-corrected chi connectivity index (χ3v) is 8.52. The van der Waals surface area contributed by atoms with Crippen LogP contribution in [0, 0.1) is 11.8 Å². The highest BCUT2D eigenvalue weighted by Gasteiger charge is 2.60. The van der Waals surface area contributed by atoms with Gasteiger partial charge in [0.25, 0.3) is 5.91 Å². The lowest BCUT2D eigenvalue weighted by atomic mass is 9.78. The molecule has 1 unspecified atom stereocenters. The predicted octanol–water partition coefficient (Wildman–Crippen LogP) is -0.529. The fourth-order valence-corrected chi connectivity index (χ4v) is 6.80. The maximum Gasteiger partial charge on any atom is 0.353 e. The van der Waals surface area contributed by atoms with Crippen LogP contribution in [0.1, 0.15) is 26.7 Å². The van der Waals surface area contributed by atoms with Crippen molar-refractivity contribution in [1.29, 1.82) is 0 Å². The second-order valence-electron chi connectivity index (χ2n) is 9.26. The average molecular weight is 502 g/mol. The molecule has 34 heavy (non-hydrogen) atoms. The number of carboxylic acid groups (broad SMARTS) is 1. The van der Waals surface area contributed by atoms with Crippen molar-refractivity contribution in [3.63, 3.8) is 0 Å². The van der Waals surface area contributed by atoms with Crippen LogP contribution in [-0.2, 0) is 19.2 Å². The van der Waals surface area contributed by atoms with E-state index in [0.29, 0.717) is 17.9 Å². The Labute approximate surface area is 199 Å². The van der Waals surface area contributed by atoms with Crippen LogP contribution in [0.4, 0.5) is 8.78 Å². The lowest BCUT2D eigenvalue weighted by molar-refractivity contribution is -0.159. The number of aliphatic carboxylic acids is 1. The maximum absolute atomic E-state index is 12.8. The molecule has 4 aliphatic heterocycles. The first kappa shape index (κ1) is 24.9. The number of rotatable bonds is 8. The SMILES string of the molecule is C[C@@H](NC(=O)C(F)F)[C@H]1C(=O)N2C(C(=O)O)=C(S[C@@H]3CN[C@H](C(=O)NC4CCNC4)C3)[C@H](C)[C@H]12. The standard InChI is InChI=1S/C21H29F2N5O5S/c1-8-14-13(9(2)26-19(30)17(22)23)20(31)28(14)15(21(32)33)16(8)34-11-5-12(25-7-11)18(29)27-10-3-4-24-6-10/h8-14,17,24-25H,3-7H2,1-2H3,(H,26,30)(H,27,29)(H,32,33)/t8-,9-,10?,11+,12+,13-,14-/m1/s1. The van der Waals surface area contributed by atoms with E-state index < -0.39 is 42.2 Å². The van der Waals surface area contributed by atoms with Gasteiger partial charge < -0.3 is 31.3 Å². The summed E-state index contributed by atoms with van der Waals surface area (Å²) in [4.78, 5) is 50.6. The van der Waals surface area contributed by atoms with E-state index in [9.17, 15) is 33.1 Å². The molecular weight excluding hydrogens is 472 g/mol. The Bertz CT molecular complexity index is 912. The molecule has 3 amide bonds. The molecule has 0 aromatic carbocycles. The molecule has 5 N–H and O–H groups in total. The lowest BCUT2D eigenvalue weighted by Crippen LogP contribution is -2.66. The largest absolute Gasteiger partial charge is 0.477 e. The first-order valence-electron chi connectivity index (χ1n) is 11.4. The minimum Gasteiger partial charge on any atom is -0.477 e. The van der Waals surface area contributed by atoms with Crippen molar-refractivity contribution in [2.24, 2.45) is 11.8 Å². The number of β-lactam (4-membered cyclic amide) rings is 1. The summed E-state index contributed by atoms with van der Waals surface area (Å²) in [5, 5.41) is 21.3. The number of nitrogens with zero attached hydrogens (tertiary/aromatic N) is 1. The summed E-state index contributed by atoms with van der Waals surface area (Å²) in [7, 11) is 0. The Hall–Kier alpha value is -2.25. The lowest BCUT2D eigenvalue weighted by Gasteiger charge is -2.47.